The molecule has 7 heteroatoms. The molecule has 6 nitrogen and oxygen atoms in total. The third-order valence-corrected chi connectivity index (χ3v) is 4.09. The van der Waals surface area contributed by atoms with Gasteiger partial charge in [0, 0.05) is 5.92 Å². The molecule has 0 atom stereocenters. The number of benzene rings is 1. The molecule has 0 fully saturated rings. The summed E-state index contributed by atoms with van der Waals surface area (Å²) in [6.45, 7) is 4.14. The molecule has 0 N–H and O–H groups in total. The molecule has 0 aliphatic heterocycles. The van der Waals surface area contributed by atoms with Crippen LogP contribution in [0.1, 0.15) is 25.6 Å². The molecule has 0 aliphatic rings. The largest absolute Gasteiger partial charge is 0.496 e. The molecule has 21 heavy (non-hydrogen) atoms. The van der Waals surface area contributed by atoms with E-state index in [1.165, 1.54) is 11.3 Å². The molecule has 0 aliphatic carbocycles. The van der Waals surface area contributed by atoms with Crippen molar-refractivity contribution in [3.05, 3.63) is 24.0 Å². The lowest BCUT2D eigenvalue weighted by atomic mass is 10.2. The first kappa shape index (κ1) is 13.8. The first-order valence-electron chi connectivity index (χ1n) is 6.59. The molecule has 0 unspecified atom stereocenters. The van der Waals surface area contributed by atoms with Crippen LogP contribution in [0.4, 0.5) is 0 Å². The van der Waals surface area contributed by atoms with Crippen molar-refractivity contribution in [2.45, 2.75) is 19.8 Å². The molecule has 0 radical (unpaired) electrons. The summed E-state index contributed by atoms with van der Waals surface area (Å²) in [6.07, 6.45) is 0. The van der Waals surface area contributed by atoms with Crippen LogP contribution in [-0.2, 0) is 0 Å². The number of hydrogen-bond donors (Lipinski definition) is 0. The quantitative estimate of drug-likeness (QED) is 0.741. The molecule has 3 aromatic rings. The molecule has 0 saturated heterocycles. The van der Waals surface area contributed by atoms with Crippen molar-refractivity contribution in [1.29, 1.82) is 0 Å². The summed E-state index contributed by atoms with van der Waals surface area (Å²) in [5.41, 5.74) is 0.840. The molecular formula is C14H16N4O2S. The second-order valence-electron chi connectivity index (χ2n) is 4.85. The van der Waals surface area contributed by atoms with Crippen molar-refractivity contribution >= 4 is 16.3 Å². The smallest absolute Gasteiger partial charge is 0.234 e. The number of rotatable bonds is 4. The van der Waals surface area contributed by atoms with E-state index in [-0.39, 0.29) is 5.92 Å². The van der Waals surface area contributed by atoms with Crippen LogP contribution in [0.2, 0.25) is 0 Å². The minimum atomic E-state index is 0.259. The van der Waals surface area contributed by atoms with Gasteiger partial charge in [0.1, 0.15) is 11.5 Å². The maximum absolute atomic E-state index is 5.43. The van der Waals surface area contributed by atoms with E-state index in [0.29, 0.717) is 0 Å². The lowest BCUT2D eigenvalue weighted by Crippen LogP contribution is -1.98. The van der Waals surface area contributed by atoms with Gasteiger partial charge in [0.25, 0.3) is 0 Å². The van der Waals surface area contributed by atoms with Gasteiger partial charge in [-0.3, -0.25) is 0 Å². The van der Waals surface area contributed by atoms with Gasteiger partial charge in [-0.15, -0.1) is 10.2 Å². The van der Waals surface area contributed by atoms with Crippen LogP contribution < -0.4 is 9.47 Å². The summed E-state index contributed by atoms with van der Waals surface area (Å²) in [4.78, 5) is 0.765. The fraction of sp³-hybridized carbons (Fsp3) is 0.357. The van der Waals surface area contributed by atoms with Crippen LogP contribution >= 0.6 is 11.3 Å². The van der Waals surface area contributed by atoms with Gasteiger partial charge in [-0.1, -0.05) is 31.3 Å². The minimum Gasteiger partial charge on any atom is -0.496 e. The van der Waals surface area contributed by atoms with Gasteiger partial charge in [-0.25, -0.2) is 0 Å². The first-order chi connectivity index (χ1) is 10.2. The zero-order valence-electron chi connectivity index (χ0n) is 12.3. The van der Waals surface area contributed by atoms with Gasteiger partial charge in [-0.05, 0) is 12.1 Å². The van der Waals surface area contributed by atoms with Crippen molar-refractivity contribution in [2.24, 2.45) is 0 Å². The zero-order chi connectivity index (χ0) is 15.0. The summed E-state index contributed by atoms with van der Waals surface area (Å²) in [5, 5.41) is 13.8. The van der Waals surface area contributed by atoms with Gasteiger partial charge in [0.05, 0.1) is 19.8 Å². The summed E-state index contributed by atoms with van der Waals surface area (Å²) in [7, 11) is 3.27. The molecule has 2 aromatic heterocycles. The molecule has 0 spiro atoms. The molecule has 0 saturated carbocycles. The van der Waals surface area contributed by atoms with E-state index in [0.717, 1.165) is 32.9 Å². The number of hydrogen-bond acceptors (Lipinski definition) is 6. The third kappa shape index (κ3) is 2.23. The van der Waals surface area contributed by atoms with Gasteiger partial charge in [0.15, 0.2) is 10.8 Å². The number of methoxy groups -OCH3 is 2. The monoisotopic (exact) mass is 304 g/mol. The average Bonchev–Trinajstić information content (AvgIpc) is 3.05. The molecular weight excluding hydrogens is 288 g/mol. The van der Waals surface area contributed by atoms with Gasteiger partial charge < -0.3 is 9.47 Å². The first-order valence-corrected chi connectivity index (χ1v) is 7.40. The highest BCUT2D eigenvalue weighted by Crippen LogP contribution is 2.40. The lowest BCUT2D eigenvalue weighted by Gasteiger charge is -2.10. The van der Waals surface area contributed by atoms with Crippen molar-refractivity contribution in [3.63, 3.8) is 0 Å². The fourth-order valence-corrected chi connectivity index (χ4v) is 3.06. The van der Waals surface area contributed by atoms with E-state index < -0.39 is 0 Å². The maximum atomic E-state index is 5.43. The van der Waals surface area contributed by atoms with Gasteiger partial charge in [-0.2, -0.15) is 9.61 Å². The Hall–Kier alpha value is -2.15. The van der Waals surface area contributed by atoms with Crippen molar-refractivity contribution in [3.8, 4) is 22.1 Å². The highest BCUT2D eigenvalue weighted by molar-refractivity contribution is 7.19. The Labute approximate surface area is 126 Å². The number of aromatic nitrogens is 4. The van der Waals surface area contributed by atoms with Crippen molar-refractivity contribution in [1.82, 2.24) is 19.8 Å². The summed E-state index contributed by atoms with van der Waals surface area (Å²) < 4.78 is 12.7. The Bertz CT molecular complexity index is 756. The van der Waals surface area contributed by atoms with E-state index in [1.807, 2.05) is 18.2 Å². The topological polar surface area (TPSA) is 61.5 Å². The van der Waals surface area contributed by atoms with E-state index in [4.69, 9.17) is 9.47 Å². The number of nitrogens with zero attached hydrogens (tertiary/aromatic N) is 4. The molecule has 2 heterocycles. The van der Waals surface area contributed by atoms with Crippen molar-refractivity contribution < 1.29 is 9.47 Å². The number of fused-ring (bicyclic) bond motifs is 1. The molecule has 0 amide bonds. The summed E-state index contributed by atoms with van der Waals surface area (Å²) in [5.74, 6) is 2.56. The van der Waals surface area contributed by atoms with Gasteiger partial charge in [0.2, 0.25) is 4.96 Å². The minimum absolute atomic E-state index is 0.259. The molecule has 110 valence electrons. The SMILES string of the molecule is COc1cccc(OC)c1-c1nn2c(C(C)C)nnc2s1. The third-order valence-electron chi connectivity index (χ3n) is 3.17. The second-order valence-corrected chi connectivity index (χ2v) is 5.81. The Morgan fingerprint density at radius 3 is 2.33 bits per heavy atom. The normalized spacial score (nSPS) is 11.3. The Balaban J connectivity index is 2.21. The van der Waals surface area contributed by atoms with Crippen LogP contribution in [-0.4, -0.2) is 34.0 Å². The summed E-state index contributed by atoms with van der Waals surface area (Å²) >= 11 is 1.47. The highest BCUT2D eigenvalue weighted by atomic mass is 32.1. The molecule has 3 rings (SSSR count). The highest BCUT2D eigenvalue weighted by Gasteiger charge is 2.20. The maximum Gasteiger partial charge on any atom is 0.234 e. The predicted molar refractivity (Wildman–Crippen MR) is 81.3 cm³/mol. The van der Waals surface area contributed by atoms with Crippen molar-refractivity contribution in [2.75, 3.05) is 14.2 Å². The Morgan fingerprint density at radius 1 is 1.10 bits per heavy atom. The van der Waals surface area contributed by atoms with E-state index in [2.05, 4.69) is 29.1 Å². The van der Waals surface area contributed by atoms with E-state index in [9.17, 15) is 0 Å². The van der Waals surface area contributed by atoms with Crippen LogP contribution in [0.5, 0.6) is 11.5 Å². The number of ether oxygens (including phenoxy) is 2. The molecule has 0 bridgehead atoms. The molecule has 1 aromatic carbocycles. The Morgan fingerprint density at radius 2 is 1.76 bits per heavy atom. The Kier molecular flexibility index (Phi) is 3.50. The zero-order valence-corrected chi connectivity index (χ0v) is 13.1. The lowest BCUT2D eigenvalue weighted by molar-refractivity contribution is 0.397. The summed E-state index contributed by atoms with van der Waals surface area (Å²) in [6, 6.07) is 5.67. The van der Waals surface area contributed by atoms with Crippen LogP contribution in [0.25, 0.3) is 15.5 Å². The predicted octanol–water partition coefficient (Wildman–Crippen LogP) is 2.99. The van der Waals surface area contributed by atoms with Crippen LogP contribution in [0, 0.1) is 0 Å². The van der Waals surface area contributed by atoms with Crippen LogP contribution in [0.3, 0.4) is 0 Å². The average molecular weight is 304 g/mol. The second kappa shape index (κ2) is 5.33. The van der Waals surface area contributed by atoms with Crippen LogP contribution in [0.15, 0.2) is 18.2 Å². The van der Waals surface area contributed by atoms with E-state index >= 15 is 0 Å². The standard InChI is InChI=1S/C14H16N4O2S/c1-8(2)12-15-16-14-18(12)17-13(21-14)11-9(19-3)6-5-7-10(11)20-4/h5-8H,1-4H3. The van der Waals surface area contributed by atoms with Gasteiger partial charge >= 0.3 is 0 Å². The fourth-order valence-electron chi connectivity index (χ4n) is 2.16. The van der Waals surface area contributed by atoms with E-state index in [1.54, 1.807) is 18.7 Å².